The van der Waals surface area contributed by atoms with Crippen LogP contribution in [0.3, 0.4) is 0 Å². The summed E-state index contributed by atoms with van der Waals surface area (Å²) in [6.45, 7) is 1.88. The zero-order valence-corrected chi connectivity index (χ0v) is 16.1. The number of amides is 1. The van der Waals surface area contributed by atoms with Crippen LogP contribution in [-0.4, -0.2) is 31.2 Å². The molecular weight excluding hydrogens is 406 g/mol. The van der Waals surface area contributed by atoms with Crippen molar-refractivity contribution in [1.82, 2.24) is 5.32 Å². The summed E-state index contributed by atoms with van der Waals surface area (Å²) in [4.78, 5) is 24.0. The number of benzene rings is 2. The predicted molar refractivity (Wildman–Crippen MR) is 99.9 cm³/mol. The van der Waals surface area contributed by atoms with Gasteiger partial charge in [0, 0.05) is 17.7 Å². The summed E-state index contributed by atoms with van der Waals surface area (Å²) in [5, 5.41) is 3.01. The van der Waals surface area contributed by atoms with E-state index in [4.69, 9.17) is 0 Å². The maximum Gasteiger partial charge on any atom is 0.251 e. The molecule has 2 rings (SSSR count). The van der Waals surface area contributed by atoms with Crippen LogP contribution in [0.2, 0.25) is 0 Å². The summed E-state index contributed by atoms with van der Waals surface area (Å²) in [7, 11) is -3.22. The smallest absolute Gasteiger partial charge is 0.251 e. The van der Waals surface area contributed by atoms with E-state index in [1.165, 1.54) is 0 Å². The third-order valence-electron chi connectivity index (χ3n) is 3.71. The number of nitrogens with one attached hydrogen (secondary N) is 1. The molecule has 0 spiro atoms. The molecule has 0 atom stereocenters. The van der Waals surface area contributed by atoms with E-state index < -0.39 is 9.84 Å². The standard InChI is InChI=1S/C18H18BrNO4S/c1-2-25(23,24)16-9-3-13(4-10-16)12-20-18(22)15-7-5-14(6-8-15)17(21)11-19/h3-10H,2,11-12H2,1H3,(H,20,22). The highest BCUT2D eigenvalue weighted by molar-refractivity contribution is 9.09. The highest BCUT2D eigenvalue weighted by Crippen LogP contribution is 2.12. The minimum atomic E-state index is -3.22. The monoisotopic (exact) mass is 423 g/mol. The van der Waals surface area contributed by atoms with Gasteiger partial charge >= 0.3 is 0 Å². The van der Waals surface area contributed by atoms with Gasteiger partial charge in [0.15, 0.2) is 15.6 Å². The fraction of sp³-hybridized carbons (Fsp3) is 0.222. The van der Waals surface area contributed by atoms with Crippen LogP contribution in [0.15, 0.2) is 53.4 Å². The Labute approximate surface area is 155 Å². The Morgan fingerprint density at radius 3 is 2.04 bits per heavy atom. The molecule has 0 aliphatic heterocycles. The summed E-state index contributed by atoms with van der Waals surface area (Å²) < 4.78 is 23.5. The Hall–Kier alpha value is -1.99. The molecule has 2 aromatic carbocycles. The number of hydrogen-bond donors (Lipinski definition) is 1. The van der Waals surface area contributed by atoms with E-state index in [9.17, 15) is 18.0 Å². The lowest BCUT2D eigenvalue weighted by Crippen LogP contribution is -2.22. The predicted octanol–water partition coefficient (Wildman–Crippen LogP) is 2.99. The van der Waals surface area contributed by atoms with Crippen LogP contribution < -0.4 is 5.32 Å². The van der Waals surface area contributed by atoms with Gasteiger partial charge < -0.3 is 5.32 Å². The first kappa shape index (κ1) is 19.3. The minimum absolute atomic E-state index is 0.0471. The lowest BCUT2D eigenvalue weighted by molar-refractivity contribution is 0.0949. The van der Waals surface area contributed by atoms with E-state index in [2.05, 4.69) is 21.2 Å². The van der Waals surface area contributed by atoms with Crippen LogP contribution in [0.25, 0.3) is 0 Å². The maximum atomic E-state index is 12.1. The van der Waals surface area contributed by atoms with Crippen molar-refractivity contribution in [2.24, 2.45) is 0 Å². The number of carbonyl (C=O) groups excluding carboxylic acids is 2. The van der Waals surface area contributed by atoms with E-state index in [0.29, 0.717) is 11.1 Å². The molecule has 0 heterocycles. The first-order valence-corrected chi connectivity index (χ1v) is 10.4. The van der Waals surface area contributed by atoms with Crippen molar-refractivity contribution in [3.05, 3.63) is 65.2 Å². The van der Waals surface area contributed by atoms with Gasteiger partial charge in [0.25, 0.3) is 5.91 Å². The lowest BCUT2D eigenvalue weighted by Gasteiger charge is -2.07. The molecule has 1 amide bonds. The molecule has 1 N–H and O–H groups in total. The Kier molecular flexibility index (Phi) is 6.50. The average molecular weight is 424 g/mol. The van der Waals surface area contributed by atoms with Crippen molar-refractivity contribution >= 4 is 37.5 Å². The van der Waals surface area contributed by atoms with E-state index in [-0.39, 0.29) is 34.2 Å². The Morgan fingerprint density at radius 1 is 0.960 bits per heavy atom. The summed E-state index contributed by atoms with van der Waals surface area (Å²) in [6.07, 6.45) is 0. The minimum Gasteiger partial charge on any atom is -0.348 e. The van der Waals surface area contributed by atoms with Crippen LogP contribution in [0.4, 0.5) is 0 Å². The molecule has 0 radical (unpaired) electrons. The third kappa shape index (κ3) is 4.99. The normalized spacial score (nSPS) is 11.1. The van der Waals surface area contributed by atoms with Gasteiger partial charge in [0.1, 0.15) is 0 Å². The molecule has 0 aromatic heterocycles. The van der Waals surface area contributed by atoms with Crippen molar-refractivity contribution in [3.63, 3.8) is 0 Å². The zero-order valence-electron chi connectivity index (χ0n) is 13.7. The van der Waals surface area contributed by atoms with Gasteiger partial charge in [-0.25, -0.2) is 8.42 Å². The molecular formula is C18H18BrNO4S. The largest absolute Gasteiger partial charge is 0.348 e. The first-order chi connectivity index (χ1) is 11.9. The number of alkyl halides is 1. The van der Waals surface area contributed by atoms with Crippen molar-refractivity contribution in [2.75, 3.05) is 11.1 Å². The highest BCUT2D eigenvalue weighted by Gasteiger charge is 2.11. The second kappa shape index (κ2) is 8.40. The quantitative estimate of drug-likeness (QED) is 0.548. The average Bonchev–Trinajstić information content (AvgIpc) is 2.65. The molecule has 0 unspecified atom stereocenters. The SMILES string of the molecule is CCS(=O)(=O)c1ccc(CNC(=O)c2ccc(C(=O)CBr)cc2)cc1. The zero-order chi connectivity index (χ0) is 18.4. The summed E-state index contributed by atoms with van der Waals surface area (Å²) in [5.41, 5.74) is 1.80. The van der Waals surface area contributed by atoms with Gasteiger partial charge in [0.05, 0.1) is 16.0 Å². The molecule has 0 saturated carbocycles. The Morgan fingerprint density at radius 2 is 1.52 bits per heavy atom. The summed E-state index contributed by atoms with van der Waals surface area (Å²) >= 11 is 3.10. The van der Waals surface area contributed by atoms with Gasteiger partial charge in [0.2, 0.25) is 0 Å². The van der Waals surface area contributed by atoms with Crippen molar-refractivity contribution < 1.29 is 18.0 Å². The Bertz CT molecular complexity index is 859. The van der Waals surface area contributed by atoms with Gasteiger partial charge in [-0.2, -0.15) is 0 Å². The van der Waals surface area contributed by atoms with Crippen LogP contribution in [0, 0.1) is 0 Å². The molecule has 2 aromatic rings. The van der Waals surface area contributed by atoms with E-state index in [1.807, 2.05) is 0 Å². The van der Waals surface area contributed by atoms with Crippen molar-refractivity contribution in [3.8, 4) is 0 Å². The van der Waals surface area contributed by atoms with Gasteiger partial charge in [-0.1, -0.05) is 47.1 Å². The number of hydrogen-bond acceptors (Lipinski definition) is 4. The number of Topliss-reactive ketones (excluding diaryl/α,β-unsaturated/α-hetero) is 1. The highest BCUT2D eigenvalue weighted by atomic mass is 79.9. The fourth-order valence-corrected chi connectivity index (χ4v) is 3.36. The fourth-order valence-electron chi connectivity index (χ4n) is 2.15. The molecule has 5 nitrogen and oxygen atoms in total. The van der Waals surface area contributed by atoms with Crippen molar-refractivity contribution in [1.29, 1.82) is 0 Å². The second-order valence-corrected chi connectivity index (χ2v) is 8.20. The number of halogens is 1. The molecule has 25 heavy (non-hydrogen) atoms. The van der Waals surface area contributed by atoms with Crippen LogP contribution in [0.5, 0.6) is 0 Å². The topological polar surface area (TPSA) is 80.3 Å². The van der Waals surface area contributed by atoms with Crippen molar-refractivity contribution in [2.45, 2.75) is 18.4 Å². The number of sulfone groups is 1. The van der Waals surface area contributed by atoms with Gasteiger partial charge in [-0.15, -0.1) is 0 Å². The van der Waals surface area contributed by atoms with Gasteiger partial charge in [-0.05, 0) is 29.8 Å². The van der Waals surface area contributed by atoms with Crippen LogP contribution in [-0.2, 0) is 16.4 Å². The molecule has 0 aliphatic carbocycles. The molecule has 0 fully saturated rings. The van der Waals surface area contributed by atoms with E-state index >= 15 is 0 Å². The molecule has 132 valence electrons. The number of carbonyl (C=O) groups is 2. The molecule has 0 aliphatic rings. The summed E-state index contributed by atoms with van der Waals surface area (Å²) in [6, 6.07) is 12.9. The second-order valence-electron chi connectivity index (χ2n) is 5.36. The van der Waals surface area contributed by atoms with E-state index in [0.717, 1.165) is 5.56 Å². The van der Waals surface area contributed by atoms with Crippen LogP contribution >= 0.6 is 15.9 Å². The van der Waals surface area contributed by atoms with E-state index in [1.54, 1.807) is 55.5 Å². The molecule has 0 saturated heterocycles. The molecule has 0 bridgehead atoms. The van der Waals surface area contributed by atoms with Crippen LogP contribution in [0.1, 0.15) is 33.2 Å². The summed E-state index contributed by atoms with van der Waals surface area (Å²) in [5.74, 6) is -0.256. The maximum absolute atomic E-state index is 12.1. The third-order valence-corrected chi connectivity index (χ3v) is 5.97. The Balaban J connectivity index is 1.99. The number of ketones is 1. The lowest BCUT2D eigenvalue weighted by atomic mass is 10.1. The van der Waals surface area contributed by atoms with Gasteiger partial charge in [-0.3, -0.25) is 9.59 Å². The number of rotatable bonds is 7. The molecule has 7 heteroatoms. The first-order valence-electron chi connectivity index (χ1n) is 7.66.